The lowest BCUT2D eigenvalue weighted by Gasteiger charge is -2.31. The third kappa shape index (κ3) is 2.81. The lowest BCUT2D eigenvalue weighted by atomic mass is 9.88. The molecule has 2 aromatic rings. The molecule has 2 aromatic carbocycles. The molecule has 1 aliphatic rings. The highest BCUT2D eigenvalue weighted by molar-refractivity contribution is 5.72. The van der Waals surface area contributed by atoms with E-state index in [0.717, 1.165) is 37.2 Å². The molecule has 152 valence electrons. The molecule has 2 N–H and O–H groups in total. The number of hydrogen-bond acceptors (Lipinski definition) is 4. The largest absolute Gasteiger partial charge is 0.504 e. The standard InChI is InChI=1S/C24H32O4/c1-7-13-14(8-2)16(10-4)22-21(15(13)9-3)27-23-17(11-5)19(25)20(26)18(12-6)24(23)28-22/h25-26H,7-12H2,1-6H3. The van der Waals surface area contributed by atoms with Crippen LogP contribution in [0.2, 0.25) is 0 Å². The van der Waals surface area contributed by atoms with Crippen molar-refractivity contribution in [2.24, 2.45) is 0 Å². The van der Waals surface area contributed by atoms with Crippen LogP contribution < -0.4 is 9.47 Å². The normalized spacial score (nSPS) is 12.2. The maximum Gasteiger partial charge on any atom is 0.177 e. The number of benzene rings is 2. The molecule has 3 rings (SSSR count). The fourth-order valence-corrected chi connectivity index (χ4v) is 4.58. The molecule has 0 atom stereocenters. The van der Waals surface area contributed by atoms with E-state index < -0.39 is 0 Å². The number of aromatic hydroxyl groups is 2. The van der Waals surface area contributed by atoms with Crippen molar-refractivity contribution >= 4 is 0 Å². The van der Waals surface area contributed by atoms with E-state index in [1.165, 1.54) is 22.3 Å². The van der Waals surface area contributed by atoms with Crippen molar-refractivity contribution in [3.63, 3.8) is 0 Å². The van der Waals surface area contributed by atoms with Crippen LogP contribution in [0.1, 0.15) is 74.9 Å². The van der Waals surface area contributed by atoms with Crippen molar-refractivity contribution in [2.45, 2.75) is 80.1 Å². The molecular formula is C24H32O4. The summed E-state index contributed by atoms with van der Waals surface area (Å²) in [6.07, 6.45) is 4.69. The van der Waals surface area contributed by atoms with Crippen LogP contribution in [0.3, 0.4) is 0 Å². The van der Waals surface area contributed by atoms with Gasteiger partial charge in [-0.25, -0.2) is 0 Å². The van der Waals surface area contributed by atoms with E-state index in [1.807, 2.05) is 13.8 Å². The van der Waals surface area contributed by atoms with E-state index in [2.05, 4.69) is 27.7 Å². The Hall–Kier alpha value is -2.36. The van der Waals surface area contributed by atoms with Gasteiger partial charge in [0.1, 0.15) is 0 Å². The second-order valence-electron chi connectivity index (χ2n) is 7.21. The molecule has 0 bridgehead atoms. The van der Waals surface area contributed by atoms with E-state index in [0.29, 0.717) is 35.5 Å². The second kappa shape index (κ2) is 7.94. The van der Waals surface area contributed by atoms with Crippen LogP contribution in [0.15, 0.2) is 0 Å². The van der Waals surface area contributed by atoms with Gasteiger partial charge in [-0.05, 0) is 49.7 Å². The number of rotatable bonds is 6. The monoisotopic (exact) mass is 384 g/mol. The third-order valence-electron chi connectivity index (χ3n) is 5.93. The van der Waals surface area contributed by atoms with E-state index in [9.17, 15) is 10.2 Å². The van der Waals surface area contributed by atoms with Crippen LogP contribution in [0.5, 0.6) is 34.5 Å². The molecule has 28 heavy (non-hydrogen) atoms. The first-order chi connectivity index (χ1) is 13.5. The fraction of sp³-hybridized carbons (Fsp3) is 0.500. The van der Waals surface area contributed by atoms with Gasteiger partial charge in [-0.1, -0.05) is 41.5 Å². The lowest BCUT2D eigenvalue weighted by Crippen LogP contribution is -2.13. The average molecular weight is 385 g/mol. The molecule has 0 radical (unpaired) electrons. The van der Waals surface area contributed by atoms with Crippen molar-refractivity contribution in [1.29, 1.82) is 0 Å². The van der Waals surface area contributed by atoms with Crippen molar-refractivity contribution in [2.75, 3.05) is 0 Å². The summed E-state index contributed by atoms with van der Waals surface area (Å²) in [4.78, 5) is 0. The summed E-state index contributed by atoms with van der Waals surface area (Å²) < 4.78 is 13.0. The summed E-state index contributed by atoms with van der Waals surface area (Å²) in [5, 5.41) is 21.1. The van der Waals surface area contributed by atoms with Crippen LogP contribution in [0.25, 0.3) is 0 Å². The molecule has 0 unspecified atom stereocenters. The summed E-state index contributed by atoms with van der Waals surface area (Å²) in [6.45, 7) is 12.5. The van der Waals surface area contributed by atoms with Crippen LogP contribution in [0, 0.1) is 0 Å². The number of hydrogen-bond donors (Lipinski definition) is 2. The average Bonchev–Trinajstić information content (AvgIpc) is 2.71. The molecule has 0 aromatic heterocycles. The Balaban J connectivity index is 2.38. The van der Waals surface area contributed by atoms with E-state index in [4.69, 9.17) is 9.47 Å². The maximum atomic E-state index is 10.5. The summed E-state index contributed by atoms with van der Waals surface area (Å²) >= 11 is 0. The van der Waals surface area contributed by atoms with Gasteiger partial charge in [-0.3, -0.25) is 0 Å². The highest BCUT2D eigenvalue weighted by Crippen LogP contribution is 2.57. The van der Waals surface area contributed by atoms with E-state index in [-0.39, 0.29) is 11.5 Å². The number of fused-ring (bicyclic) bond motifs is 2. The first kappa shape index (κ1) is 20.4. The fourth-order valence-electron chi connectivity index (χ4n) is 4.58. The molecule has 4 heteroatoms. The predicted octanol–water partition coefficient (Wildman–Crippen LogP) is 6.37. The number of phenolic OH excluding ortho intramolecular Hbond substituents is 2. The molecule has 0 saturated carbocycles. The Labute approximate surface area is 168 Å². The molecule has 0 fully saturated rings. The van der Waals surface area contributed by atoms with Crippen molar-refractivity contribution in [3.05, 3.63) is 33.4 Å². The van der Waals surface area contributed by atoms with Crippen molar-refractivity contribution in [3.8, 4) is 34.5 Å². The Morgan fingerprint density at radius 1 is 0.429 bits per heavy atom. The van der Waals surface area contributed by atoms with Gasteiger partial charge >= 0.3 is 0 Å². The molecule has 1 heterocycles. The molecule has 0 saturated heterocycles. The third-order valence-corrected chi connectivity index (χ3v) is 5.93. The first-order valence-electron chi connectivity index (χ1n) is 10.6. The smallest absolute Gasteiger partial charge is 0.177 e. The van der Waals surface area contributed by atoms with Gasteiger partial charge in [0, 0.05) is 22.3 Å². The minimum absolute atomic E-state index is 0.0974. The second-order valence-corrected chi connectivity index (χ2v) is 7.21. The molecule has 4 nitrogen and oxygen atoms in total. The summed E-state index contributed by atoms with van der Waals surface area (Å²) in [7, 11) is 0. The minimum Gasteiger partial charge on any atom is -0.504 e. The lowest BCUT2D eigenvalue weighted by molar-refractivity contribution is 0.331. The molecule has 0 amide bonds. The van der Waals surface area contributed by atoms with E-state index >= 15 is 0 Å². The van der Waals surface area contributed by atoms with Crippen molar-refractivity contribution in [1.82, 2.24) is 0 Å². The summed E-state index contributed by atoms with van der Waals surface area (Å²) in [5.74, 6) is 2.46. The topological polar surface area (TPSA) is 58.9 Å². The Kier molecular flexibility index (Phi) is 5.78. The van der Waals surface area contributed by atoms with Crippen LogP contribution in [-0.4, -0.2) is 10.2 Å². The Morgan fingerprint density at radius 2 is 0.679 bits per heavy atom. The predicted molar refractivity (Wildman–Crippen MR) is 113 cm³/mol. The van der Waals surface area contributed by atoms with Gasteiger partial charge in [-0.15, -0.1) is 0 Å². The van der Waals surface area contributed by atoms with Crippen LogP contribution in [-0.2, 0) is 38.5 Å². The Bertz CT molecular complexity index is 838. The highest BCUT2D eigenvalue weighted by atomic mass is 16.6. The van der Waals surface area contributed by atoms with Gasteiger partial charge < -0.3 is 19.7 Å². The van der Waals surface area contributed by atoms with Gasteiger partial charge in [-0.2, -0.15) is 0 Å². The van der Waals surface area contributed by atoms with Gasteiger partial charge in [0.2, 0.25) is 0 Å². The summed E-state index contributed by atoms with van der Waals surface area (Å²) in [6, 6.07) is 0. The zero-order valence-corrected chi connectivity index (χ0v) is 18.0. The maximum absolute atomic E-state index is 10.5. The zero-order chi connectivity index (χ0) is 20.6. The zero-order valence-electron chi connectivity index (χ0n) is 18.0. The van der Waals surface area contributed by atoms with Crippen LogP contribution >= 0.6 is 0 Å². The molecule has 1 aliphatic heterocycles. The quantitative estimate of drug-likeness (QED) is 0.485. The highest BCUT2D eigenvalue weighted by Gasteiger charge is 2.34. The Morgan fingerprint density at radius 3 is 0.929 bits per heavy atom. The van der Waals surface area contributed by atoms with Crippen molar-refractivity contribution < 1.29 is 19.7 Å². The van der Waals surface area contributed by atoms with E-state index in [1.54, 1.807) is 0 Å². The van der Waals surface area contributed by atoms with Gasteiger partial charge in [0.25, 0.3) is 0 Å². The summed E-state index contributed by atoms with van der Waals surface area (Å²) in [5.41, 5.74) is 6.25. The number of phenols is 2. The number of ether oxygens (including phenoxy) is 2. The van der Waals surface area contributed by atoms with Gasteiger partial charge in [0.15, 0.2) is 34.5 Å². The molecular weight excluding hydrogens is 352 g/mol. The first-order valence-corrected chi connectivity index (χ1v) is 10.6. The SMILES string of the molecule is CCc1c(CC)c(CC)c2c(c1CC)Oc1c(CC)c(O)c(O)c(CC)c1O2. The van der Waals surface area contributed by atoms with Gasteiger partial charge in [0.05, 0.1) is 0 Å². The molecule has 0 aliphatic carbocycles. The van der Waals surface area contributed by atoms with Crippen LogP contribution in [0.4, 0.5) is 0 Å². The minimum atomic E-state index is -0.0974. The molecule has 0 spiro atoms.